The lowest BCUT2D eigenvalue weighted by molar-refractivity contribution is 0.739. The molecule has 0 fully saturated rings. The first-order valence-electron chi connectivity index (χ1n) is 23.0. The maximum atomic E-state index is 2.59. The Bertz CT molecular complexity index is 3260. The zero-order valence-electron chi connectivity index (χ0n) is 35.5. The van der Waals surface area contributed by atoms with E-state index in [1.165, 1.54) is 111 Å². The summed E-state index contributed by atoms with van der Waals surface area (Å²) in [5, 5.41) is 2.72. The molecule has 10 aromatic rings. The topological polar surface area (TPSA) is 9.86 Å². The molecule has 0 atom stereocenters. The van der Waals surface area contributed by atoms with Gasteiger partial charge in [0.1, 0.15) is 0 Å². The van der Waals surface area contributed by atoms with Crippen molar-refractivity contribution in [2.24, 2.45) is 0 Å². The van der Waals surface area contributed by atoms with Crippen molar-refractivity contribution in [1.29, 1.82) is 0 Å². The molecule has 64 heavy (non-hydrogen) atoms. The van der Waals surface area contributed by atoms with Crippen molar-refractivity contribution in [2.45, 2.75) is 36.5 Å². The van der Waals surface area contributed by atoms with Crippen LogP contribution in [0.15, 0.2) is 218 Å². The van der Waals surface area contributed by atoms with Crippen molar-refractivity contribution in [3.63, 3.8) is 0 Å². The summed E-state index contributed by atoms with van der Waals surface area (Å²) in [4.78, 5) is 0. The van der Waals surface area contributed by atoms with Gasteiger partial charge in [-0.05, 0) is 129 Å². The molecular formula is C62H44N2. The molecule has 4 aliphatic rings. The first-order chi connectivity index (χ1) is 31.8. The van der Waals surface area contributed by atoms with Gasteiger partial charge in [-0.2, -0.15) is 0 Å². The monoisotopic (exact) mass is 816 g/mol. The van der Waals surface area contributed by atoms with Gasteiger partial charge in [0.2, 0.25) is 0 Å². The number of rotatable bonds is 5. The number of aryl methyl sites for hydroxylation is 2. The number of hydrogen-bond donors (Lipinski definition) is 0. The molecule has 0 unspecified atom stereocenters. The fraction of sp³-hybridized carbons (Fsp3) is 0.0968. The molecule has 4 heterocycles. The molecule has 0 amide bonds. The standard InChI is InChI=1S/C62H44N2/c1-5-19-43(20-6-1)61(44-21-7-2-8-22-44)51-31-17-29-49-47-27-13-15-33-55(47)63(59(49)51)57-37-35-41(39-53(57)61)42-36-38-58-54(40-42)62(45-23-9-3-10-24-45,46-25-11-4-12-26-46)52-32-18-30-50-48-28-14-16-34-56(48)64(58)60(50)52/h1-16,19-28,31-40H,17-18,29-30H2. The Kier molecular flexibility index (Phi) is 7.52. The van der Waals surface area contributed by atoms with Crippen molar-refractivity contribution in [3.8, 4) is 22.5 Å². The van der Waals surface area contributed by atoms with Crippen LogP contribution in [-0.4, -0.2) is 9.13 Å². The van der Waals surface area contributed by atoms with Gasteiger partial charge >= 0.3 is 0 Å². The van der Waals surface area contributed by atoms with Crippen LogP contribution in [0.4, 0.5) is 0 Å². The van der Waals surface area contributed by atoms with Crippen molar-refractivity contribution >= 4 is 33.0 Å². The molecular weight excluding hydrogens is 773 g/mol. The molecule has 2 aliphatic heterocycles. The average molecular weight is 817 g/mol. The summed E-state index contributed by atoms with van der Waals surface area (Å²) in [6.45, 7) is 0. The minimum atomic E-state index is -0.540. The minimum absolute atomic E-state index is 0.540. The number of fused-ring (bicyclic) bond motifs is 10. The van der Waals surface area contributed by atoms with E-state index in [-0.39, 0.29) is 0 Å². The van der Waals surface area contributed by atoms with Crippen LogP contribution in [0.25, 0.3) is 55.5 Å². The average Bonchev–Trinajstić information content (AvgIpc) is 3.90. The zero-order chi connectivity index (χ0) is 42.0. The molecule has 2 aromatic heterocycles. The molecule has 302 valence electrons. The quantitative estimate of drug-likeness (QED) is 0.164. The van der Waals surface area contributed by atoms with E-state index in [9.17, 15) is 0 Å². The molecule has 0 N–H and O–H groups in total. The molecule has 0 spiro atoms. The van der Waals surface area contributed by atoms with Gasteiger partial charge in [-0.25, -0.2) is 0 Å². The lowest BCUT2D eigenvalue weighted by Crippen LogP contribution is -2.37. The Morgan fingerprint density at radius 3 is 1.06 bits per heavy atom. The third-order valence-corrected chi connectivity index (χ3v) is 15.2. The number of hydrogen-bond acceptors (Lipinski definition) is 0. The Hall–Kier alpha value is -7.68. The fourth-order valence-corrected chi connectivity index (χ4v) is 12.8. The Balaban J connectivity index is 1.10. The van der Waals surface area contributed by atoms with Crippen molar-refractivity contribution in [2.75, 3.05) is 0 Å². The van der Waals surface area contributed by atoms with E-state index in [4.69, 9.17) is 0 Å². The van der Waals surface area contributed by atoms with Gasteiger partial charge in [0.05, 0.1) is 44.6 Å². The summed E-state index contributed by atoms with van der Waals surface area (Å²) in [6.07, 6.45) is 9.21. The summed E-state index contributed by atoms with van der Waals surface area (Å²) in [6, 6.07) is 78.1. The smallest absolute Gasteiger partial charge is 0.0739 e. The van der Waals surface area contributed by atoms with Gasteiger partial charge in [0.25, 0.3) is 0 Å². The van der Waals surface area contributed by atoms with Gasteiger partial charge in [0, 0.05) is 10.8 Å². The highest BCUT2D eigenvalue weighted by molar-refractivity contribution is 6.02. The third kappa shape index (κ3) is 4.55. The molecule has 0 radical (unpaired) electrons. The van der Waals surface area contributed by atoms with E-state index >= 15 is 0 Å². The molecule has 0 saturated carbocycles. The van der Waals surface area contributed by atoms with Crippen LogP contribution in [0, 0.1) is 0 Å². The highest BCUT2D eigenvalue weighted by Crippen LogP contribution is 2.60. The molecule has 2 aliphatic carbocycles. The number of nitrogens with zero attached hydrogens (tertiary/aromatic N) is 2. The summed E-state index contributed by atoms with van der Waals surface area (Å²) in [7, 11) is 0. The molecule has 14 rings (SSSR count). The van der Waals surface area contributed by atoms with Crippen LogP contribution >= 0.6 is 0 Å². The van der Waals surface area contributed by atoms with Gasteiger partial charge < -0.3 is 9.13 Å². The summed E-state index contributed by atoms with van der Waals surface area (Å²) in [5.74, 6) is 0. The van der Waals surface area contributed by atoms with E-state index in [0.717, 1.165) is 25.7 Å². The Morgan fingerprint density at radius 1 is 0.344 bits per heavy atom. The minimum Gasteiger partial charge on any atom is -0.309 e. The number of benzene rings is 8. The maximum absolute atomic E-state index is 2.59. The van der Waals surface area contributed by atoms with Crippen LogP contribution in [0.3, 0.4) is 0 Å². The molecule has 8 aromatic carbocycles. The van der Waals surface area contributed by atoms with E-state index in [0.29, 0.717) is 0 Å². The highest BCUT2D eigenvalue weighted by Gasteiger charge is 2.50. The van der Waals surface area contributed by atoms with Crippen molar-refractivity contribution in [3.05, 3.63) is 274 Å². The van der Waals surface area contributed by atoms with Crippen LogP contribution < -0.4 is 0 Å². The number of allylic oxidation sites excluding steroid dienone is 4. The predicted molar refractivity (Wildman–Crippen MR) is 264 cm³/mol. The first-order valence-corrected chi connectivity index (χ1v) is 23.0. The third-order valence-electron chi connectivity index (χ3n) is 15.2. The van der Waals surface area contributed by atoms with E-state index in [1.807, 2.05) is 0 Å². The summed E-state index contributed by atoms with van der Waals surface area (Å²) < 4.78 is 5.18. The van der Waals surface area contributed by atoms with Gasteiger partial charge in [-0.1, -0.05) is 182 Å². The molecule has 2 nitrogen and oxygen atoms in total. The fourth-order valence-electron chi connectivity index (χ4n) is 12.8. The second-order valence-corrected chi connectivity index (χ2v) is 18.1. The normalized spacial score (nSPS) is 16.0. The highest BCUT2D eigenvalue weighted by atomic mass is 15.0. The lowest BCUT2D eigenvalue weighted by atomic mass is 9.60. The van der Waals surface area contributed by atoms with E-state index in [2.05, 4.69) is 228 Å². The van der Waals surface area contributed by atoms with Gasteiger partial charge in [-0.15, -0.1) is 0 Å². The predicted octanol–water partition coefficient (Wildman–Crippen LogP) is 14.6. The Morgan fingerprint density at radius 2 is 0.688 bits per heavy atom. The van der Waals surface area contributed by atoms with Crippen LogP contribution in [-0.2, 0) is 23.7 Å². The van der Waals surface area contributed by atoms with Crippen molar-refractivity contribution < 1.29 is 0 Å². The summed E-state index contributed by atoms with van der Waals surface area (Å²) >= 11 is 0. The Labute approximate surface area is 373 Å². The van der Waals surface area contributed by atoms with Crippen LogP contribution in [0.2, 0.25) is 0 Å². The largest absolute Gasteiger partial charge is 0.309 e. The SMILES string of the molecule is C1=C2c3c(c4ccccc4n3-c3ccc(-c4ccc5c(c4)C(c4ccccc4)(c4ccccc4)C4=CCCc6c4n-5c4ccccc64)cc3C2(c2ccccc2)c2ccccc2)CC1. The zero-order valence-corrected chi connectivity index (χ0v) is 35.5. The number of aromatic nitrogens is 2. The second kappa shape index (κ2) is 13.4. The van der Waals surface area contributed by atoms with Crippen LogP contribution in [0.1, 0.15) is 68.7 Å². The number of para-hydroxylation sites is 2. The first kappa shape index (κ1) is 35.9. The van der Waals surface area contributed by atoms with Crippen molar-refractivity contribution in [1.82, 2.24) is 9.13 Å². The van der Waals surface area contributed by atoms with Gasteiger partial charge in [0.15, 0.2) is 0 Å². The van der Waals surface area contributed by atoms with Crippen LogP contribution in [0.5, 0.6) is 0 Å². The second-order valence-electron chi connectivity index (χ2n) is 18.1. The molecule has 0 saturated heterocycles. The molecule has 0 bridgehead atoms. The summed E-state index contributed by atoms with van der Waals surface area (Å²) in [5.41, 5.74) is 22.6. The maximum Gasteiger partial charge on any atom is 0.0739 e. The van der Waals surface area contributed by atoms with E-state index < -0.39 is 10.8 Å². The van der Waals surface area contributed by atoms with Gasteiger partial charge in [-0.3, -0.25) is 0 Å². The lowest BCUT2D eigenvalue weighted by Gasteiger charge is -2.45. The molecule has 2 heteroatoms. The van der Waals surface area contributed by atoms with E-state index in [1.54, 1.807) is 0 Å².